The van der Waals surface area contributed by atoms with E-state index < -0.39 is 10.0 Å². The Kier molecular flexibility index (Phi) is 6.60. The van der Waals surface area contributed by atoms with Crippen molar-refractivity contribution in [2.75, 3.05) is 44.2 Å². The predicted octanol–water partition coefficient (Wildman–Crippen LogP) is 1.03. The van der Waals surface area contributed by atoms with Gasteiger partial charge in [0.25, 0.3) is 0 Å². The molecule has 29 heavy (non-hydrogen) atoms. The van der Waals surface area contributed by atoms with Gasteiger partial charge in [0, 0.05) is 18.8 Å². The van der Waals surface area contributed by atoms with Gasteiger partial charge in [-0.2, -0.15) is 9.40 Å². The quantitative estimate of drug-likeness (QED) is 0.721. The monoisotopic (exact) mass is 424 g/mol. The molecule has 9 heteroatoms. The van der Waals surface area contributed by atoms with E-state index in [2.05, 4.69) is 10.00 Å². The molecule has 1 fully saturated rings. The second-order valence-electron chi connectivity index (χ2n) is 7.46. The Bertz CT molecular complexity index is 931. The van der Waals surface area contributed by atoms with Gasteiger partial charge in [0.1, 0.15) is 10.7 Å². The summed E-state index contributed by atoms with van der Waals surface area (Å²) in [6.07, 6.45) is 0. The van der Waals surface area contributed by atoms with E-state index in [-0.39, 0.29) is 5.82 Å². The number of hydrogen-bond donors (Lipinski definition) is 1. The molecule has 0 spiro atoms. The molecule has 0 aliphatic carbocycles. The molecule has 0 atom stereocenters. The number of halogens is 1. The van der Waals surface area contributed by atoms with Gasteiger partial charge in [-0.25, -0.2) is 17.5 Å². The molecule has 1 aliphatic heterocycles. The van der Waals surface area contributed by atoms with E-state index in [4.69, 9.17) is 0 Å². The molecule has 2 heterocycles. The fourth-order valence-electron chi connectivity index (χ4n) is 4.00. The van der Waals surface area contributed by atoms with E-state index in [0.717, 1.165) is 31.9 Å². The van der Waals surface area contributed by atoms with E-state index >= 15 is 0 Å². The zero-order chi connectivity index (χ0) is 21.2. The minimum Gasteiger partial charge on any atom is -0.360 e. The lowest BCUT2D eigenvalue weighted by molar-refractivity contribution is -0.924. The zero-order valence-corrected chi connectivity index (χ0v) is 18.5. The molecule has 0 amide bonds. The van der Waals surface area contributed by atoms with Gasteiger partial charge in [-0.3, -0.25) is 0 Å². The number of benzene rings is 1. The average Bonchev–Trinajstić information content (AvgIpc) is 2.97. The summed E-state index contributed by atoms with van der Waals surface area (Å²) in [5.74, 6) is -0.224. The molecule has 1 aromatic carbocycles. The first kappa shape index (κ1) is 21.7. The number of aromatic nitrogens is 2. The van der Waals surface area contributed by atoms with Gasteiger partial charge in [-0.15, -0.1) is 0 Å². The van der Waals surface area contributed by atoms with E-state index in [1.807, 2.05) is 37.6 Å². The maximum Gasteiger partial charge on any atom is 0.246 e. The van der Waals surface area contributed by atoms with Crippen LogP contribution in [0.15, 0.2) is 29.2 Å². The van der Waals surface area contributed by atoms with Crippen LogP contribution in [0, 0.1) is 19.7 Å². The summed E-state index contributed by atoms with van der Waals surface area (Å²) >= 11 is 0. The van der Waals surface area contributed by atoms with Crippen LogP contribution in [0.4, 0.5) is 10.1 Å². The van der Waals surface area contributed by atoms with Gasteiger partial charge >= 0.3 is 0 Å². The minimum atomic E-state index is -3.53. The van der Waals surface area contributed by atoms with Gasteiger partial charge in [0.2, 0.25) is 10.0 Å². The SMILES string of the molecule is CCN(CC)S(=O)(=O)c1c(C)nn(C[NH+]2CCN(c3ccc(F)cc3)CC2)c1C. The molecule has 3 rings (SSSR count). The van der Waals surface area contributed by atoms with Crippen LogP contribution < -0.4 is 9.80 Å². The maximum atomic E-state index is 13.1. The Morgan fingerprint density at radius 2 is 1.69 bits per heavy atom. The summed E-state index contributed by atoms with van der Waals surface area (Å²) in [4.78, 5) is 3.94. The topological polar surface area (TPSA) is 62.9 Å². The summed E-state index contributed by atoms with van der Waals surface area (Å²) < 4.78 is 42.4. The molecule has 0 bridgehead atoms. The second-order valence-corrected chi connectivity index (χ2v) is 9.34. The fraction of sp³-hybridized carbons (Fsp3) is 0.550. The molecule has 160 valence electrons. The van der Waals surface area contributed by atoms with Crippen molar-refractivity contribution >= 4 is 15.7 Å². The van der Waals surface area contributed by atoms with Crippen molar-refractivity contribution in [1.29, 1.82) is 0 Å². The number of nitrogens with zero attached hydrogens (tertiary/aromatic N) is 4. The zero-order valence-electron chi connectivity index (χ0n) is 17.7. The number of piperazine rings is 1. The Labute approximate surface area is 172 Å². The highest BCUT2D eigenvalue weighted by Crippen LogP contribution is 2.23. The minimum absolute atomic E-state index is 0.224. The van der Waals surface area contributed by atoms with Crippen LogP contribution in [0.3, 0.4) is 0 Å². The molecule has 2 aromatic rings. The van der Waals surface area contributed by atoms with Gasteiger partial charge in [0.15, 0.2) is 6.67 Å². The number of quaternary nitrogens is 1. The number of aryl methyl sites for hydroxylation is 1. The highest BCUT2D eigenvalue weighted by atomic mass is 32.2. The highest BCUT2D eigenvalue weighted by Gasteiger charge is 2.30. The van der Waals surface area contributed by atoms with Crippen molar-refractivity contribution in [1.82, 2.24) is 14.1 Å². The van der Waals surface area contributed by atoms with Gasteiger partial charge in [0.05, 0.1) is 37.6 Å². The van der Waals surface area contributed by atoms with Crippen LogP contribution in [0.2, 0.25) is 0 Å². The normalized spacial score (nSPS) is 16.0. The van der Waals surface area contributed by atoms with Crippen LogP contribution in [0.25, 0.3) is 0 Å². The molecule has 0 saturated carbocycles. The largest absolute Gasteiger partial charge is 0.360 e. The Hall–Kier alpha value is -1.97. The number of hydrogen-bond acceptors (Lipinski definition) is 4. The van der Waals surface area contributed by atoms with Crippen molar-refractivity contribution in [3.63, 3.8) is 0 Å². The average molecular weight is 425 g/mol. The fourth-order valence-corrected chi connectivity index (χ4v) is 5.83. The van der Waals surface area contributed by atoms with E-state index in [1.165, 1.54) is 21.3 Å². The smallest absolute Gasteiger partial charge is 0.246 e. The molecule has 0 unspecified atom stereocenters. The standard InChI is InChI=1S/C20H30FN5O2S/c1-5-25(6-2)29(27,28)20-16(3)22-26(17(20)4)15-23-11-13-24(14-12-23)19-9-7-18(21)8-10-19/h7-10H,5-6,11-15H2,1-4H3/p+1. The predicted molar refractivity (Wildman–Crippen MR) is 111 cm³/mol. The lowest BCUT2D eigenvalue weighted by atomic mass is 10.2. The summed E-state index contributed by atoms with van der Waals surface area (Å²) in [5, 5.41) is 4.54. The lowest BCUT2D eigenvalue weighted by Crippen LogP contribution is -3.14. The Morgan fingerprint density at radius 1 is 1.10 bits per heavy atom. The lowest BCUT2D eigenvalue weighted by Gasteiger charge is -2.33. The van der Waals surface area contributed by atoms with Crippen LogP contribution in [0.1, 0.15) is 25.2 Å². The molecule has 1 aliphatic rings. The van der Waals surface area contributed by atoms with Crippen LogP contribution in [-0.4, -0.2) is 61.8 Å². The maximum absolute atomic E-state index is 13.1. The summed E-state index contributed by atoms with van der Waals surface area (Å²) in [5.41, 5.74) is 2.28. The van der Waals surface area contributed by atoms with E-state index in [0.29, 0.717) is 36.0 Å². The first-order valence-electron chi connectivity index (χ1n) is 10.2. The first-order chi connectivity index (χ1) is 13.8. The Morgan fingerprint density at radius 3 is 2.24 bits per heavy atom. The molecule has 1 saturated heterocycles. The molecular weight excluding hydrogens is 393 g/mol. The molecular formula is C20H31FN5O2S+. The van der Waals surface area contributed by atoms with Crippen LogP contribution in [0.5, 0.6) is 0 Å². The number of sulfonamides is 1. The van der Waals surface area contributed by atoms with Gasteiger partial charge in [-0.05, 0) is 38.1 Å². The van der Waals surface area contributed by atoms with Crippen LogP contribution in [-0.2, 0) is 16.7 Å². The van der Waals surface area contributed by atoms with Crippen molar-refractivity contribution < 1.29 is 17.7 Å². The molecule has 1 aromatic heterocycles. The number of nitrogens with one attached hydrogen (secondary N) is 1. The van der Waals surface area contributed by atoms with E-state index in [9.17, 15) is 12.8 Å². The van der Waals surface area contributed by atoms with Crippen LogP contribution >= 0.6 is 0 Å². The Balaban J connectivity index is 1.70. The molecule has 7 nitrogen and oxygen atoms in total. The van der Waals surface area contributed by atoms with Crippen molar-refractivity contribution in [3.8, 4) is 0 Å². The van der Waals surface area contributed by atoms with E-state index in [1.54, 1.807) is 6.92 Å². The summed E-state index contributed by atoms with van der Waals surface area (Å²) in [7, 11) is -3.53. The van der Waals surface area contributed by atoms with Gasteiger partial charge < -0.3 is 9.80 Å². The third kappa shape index (κ3) is 4.46. The molecule has 0 radical (unpaired) electrons. The molecule has 1 N–H and O–H groups in total. The highest BCUT2D eigenvalue weighted by molar-refractivity contribution is 7.89. The van der Waals surface area contributed by atoms with Gasteiger partial charge in [-0.1, -0.05) is 13.8 Å². The number of anilines is 1. The first-order valence-corrected chi connectivity index (χ1v) is 11.6. The summed E-state index contributed by atoms with van der Waals surface area (Å²) in [6.45, 7) is 12.4. The third-order valence-electron chi connectivity index (χ3n) is 5.65. The number of rotatable bonds is 7. The van der Waals surface area contributed by atoms with Crippen molar-refractivity contribution in [2.45, 2.75) is 39.3 Å². The third-order valence-corrected chi connectivity index (χ3v) is 7.96. The van der Waals surface area contributed by atoms with Crippen molar-refractivity contribution in [3.05, 3.63) is 41.5 Å². The van der Waals surface area contributed by atoms with Crippen molar-refractivity contribution in [2.24, 2.45) is 0 Å². The second kappa shape index (κ2) is 8.81. The summed E-state index contributed by atoms with van der Waals surface area (Å²) in [6, 6.07) is 6.60.